The summed E-state index contributed by atoms with van der Waals surface area (Å²) in [6, 6.07) is 8.44. The molecule has 1 aliphatic carbocycles. The summed E-state index contributed by atoms with van der Waals surface area (Å²) in [5.74, 6) is -0.224. The van der Waals surface area contributed by atoms with Gasteiger partial charge < -0.3 is 5.32 Å². The second kappa shape index (κ2) is 8.43. The van der Waals surface area contributed by atoms with E-state index in [1.165, 1.54) is 24.3 Å². The Morgan fingerprint density at radius 1 is 1.12 bits per heavy atom. The molecule has 1 heterocycles. The molecular weight excluding hydrogens is 482 g/mol. The molecule has 2 aliphatic rings. The molecule has 1 saturated carbocycles. The number of benzene rings is 2. The first-order chi connectivity index (χ1) is 15.0. The van der Waals surface area contributed by atoms with Crippen LogP contribution < -0.4 is 5.32 Å². The third-order valence-electron chi connectivity index (χ3n) is 5.76. The Morgan fingerprint density at radius 2 is 1.78 bits per heavy atom. The molecule has 0 aromatic heterocycles. The highest BCUT2D eigenvalue weighted by Gasteiger charge is 2.60. The maximum atomic E-state index is 14.3. The summed E-state index contributed by atoms with van der Waals surface area (Å²) < 4.78 is 40.2. The number of carbonyl (C=O) groups excluding carboxylic acids is 2. The molecule has 0 saturated heterocycles. The summed E-state index contributed by atoms with van der Waals surface area (Å²) in [5.41, 5.74) is 1.04. The van der Waals surface area contributed by atoms with Gasteiger partial charge in [0.25, 0.3) is 5.91 Å². The molecule has 2 aromatic carbocycles. The zero-order chi connectivity index (χ0) is 23.3. The largest absolute Gasteiger partial charge is 0.411 e. The maximum Gasteiger partial charge on any atom is 0.411 e. The van der Waals surface area contributed by atoms with E-state index in [-0.39, 0.29) is 44.9 Å². The van der Waals surface area contributed by atoms with Crippen molar-refractivity contribution in [1.29, 1.82) is 0 Å². The fraction of sp³-hybridized carbons (Fsp3) is 0.304. The highest BCUT2D eigenvalue weighted by atomic mass is 35.5. The van der Waals surface area contributed by atoms with Crippen LogP contribution in [0.1, 0.15) is 46.3 Å². The van der Waals surface area contributed by atoms with Crippen molar-refractivity contribution < 1.29 is 22.8 Å². The lowest BCUT2D eigenvalue weighted by molar-refractivity contribution is -0.149. The zero-order valence-electron chi connectivity index (χ0n) is 16.9. The minimum absolute atomic E-state index is 0.0451. The highest BCUT2D eigenvalue weighted by molar-refractivity contribution is 8.16. The molecule has 0 spiro atoms. The predicted octanol–water partition coefficient (Wildman–Crippen LogP) is 6.70. The quantitative estimate of drug-likeness (QED) is 0.509. The zero-order valence-corrected chi connectivity index (χ0v) is 19.2. The van der Waals surface area contributed by atoms with Crippen molar-refractivity contribution in [2.45, 2.75) is 43.2 Å². The Morgan fingerprint density at radius 3 is 2.31 bits per heavy atom. The topological polar surface area (TPSA) is 46.2 Å². The Balaban J connectivity index is 1.73. The average Bonchev–Trinajstić information content (AvgIpc) is 3.02. The molecule has 0 bridgehead atoms. The minimum Gasteiger partial charge on any atom is -0.349 e. The van der Waals surface area contributed by atoms with Gasteiger partial charge in [0.1, 0.15) is 0 Å². The van der Waals surface area contributed by atoms with Crippen LogP contribution in [0.25, 0.3) is 5.57 Å². The third kappa shape index (κ3) is 4.18. The monoisotopic (exact) mass is 499 g/mol. The molecule has 0 radical (unpaired) electrons. The van der Waals surface area contributed by atoms with Crippen molar-refractivity contribution in [2.24, 2.45) is 0 Å². The minimum atomic E-state index is -4.78. The van der Waals surface area contributed by atoms with Gasteiger partial charge in [-0.25, -0.2) is 0 Å². The number of hydrogen-bond acceptors (Lipinski definition) is 3. The molecular formula is C23H18Cl2F3NO2S. The first-order valence-corrected chi connectivity index (χ1v) is 11.5. The van der Waals surface area contributed by atoms with E-state index in [9.17, 15) is 22.8 Å². The van der Waals surface area contributed by atoms with Gasteiger partial charge in [0, 0.05) is 27.2 Å². The average molecular weight is 500 g/mol. The summed E-state index contributed by atoms with van der Waals surface area (Å²) >= 11 is 12.1. The fourth-order valence-corrected chi connectivity index (χ4v) is 5.44. The fourth-order valence-electron chi connectivity index (χ4n) is 3.81. The van der Waals surface area contributed by atoms with E-state index >= 15 is 0 Å². The molecule has 1 aliphatic heterocycles. The molecule has 4 rings (SSSR count). The van der Waals surface area contributed by atoms with Crippen LogP contribution >= 0.6 is 35.0 Å². The van der Waals surface area contributed by atoms with Crippen molar-refractivity contribution in [2.75, 3.05) is 0 Å². The van der Waals surface area contributed by atoms with Crippen LogP contribution in [0.5, 0.6) is 0 Å². The van der Waals surface area contributed by atoms with Crippen LogP contribution in [0.4, 0.5) is 13.2 Å². The standard InChI is InChI=1S/C23H18Cl2F3NO2S/c1-12-7-13(5-6-18(12)20(30)29-17-3-2-4-17)19-11-22(23(26,27)28,32-21(19)31)14-8-15(24)10-16(25)9-14/h5-11,17H,2-4H2,1H3,(H,29,30). The van der Waals surface area contributed by atoms with Gasteiger partial charge in [-0.2, -0.15) is 13.2 Å². The van der Waals surface area contributed by atoms with Crippen LogP contribution in [0.2, 0.25) is 10.0 Å². The number of rotatable bonds is 4. The van der Waals surface area contributed by atoms with Crippen molar-refractivity contribution in [3.05, 3.63) is 74.8 Å². The summed E-state index contributed by atoms with van der Waals surface area (Å²) in [6.45, 7) is 1.69. The molecule has 1 N–H and O–H groups in total. The van der Waals surface area contributed by atoms with Crippen molar-refractivity contribution in [3.63, 3.8) is 0 Å². The number of nitrogens with one attached hydrogen (secondary N) is 1. The van der Waals surface area contributed by atoms with E-state index in [0.29, 0.717) is 16.7 Å². The summed E-state index contributed by atoms with van der Waals surface area (Å²) in [7, 11) is 0. The van der Waals surface area contributed by atoms with Gasteiger partial charge in [-0.3, -0.25) is 9.59 Å². The Kier molecular flexibility index (Phi) is 6.11. The lowest BCUT2D eigenvalue weighted by atomic mass is 9.91. The number of thioether (sulfide) groups is 1. The van der Waals surface area contributed by atoms with Crippen molar-refractivity contribution in [1.82, 2.24) is 5.32 Å². The van der Waals surface area contributed by atoms with E-state index in [1.807, 2.05) is 0 Å². The third-order valence-corrected chi connectivity index (χ3v) is 7.50. The maximum absolute atomic E-state index is 14.3. The van der Waals surface area contributed by atoms with Crippen molar-refractivity contribution in [3.8, 4) is 0 Å². The van der Waals surface area contributed by atoms with Gasteiger partial charge in [-0.15, -0.1) is 0 Å². The van der Waals surface area contributed by atoms with Gasteiger partial charge in [-0.1, -0.05) is 47.1 Å². The van der Waals surface area contributed by atoms with Gasteiger partial charge in [-0.05, 0) is 73.2 Å². The summed E-state index contributed by atoms with van der Waals surface area (Å²) in [5, 5.41) is 2.31. The molecule has 1 atom stereocenters. The Bertz CT molecular complexity index is 1120. The molecule has 3 nitrogen and oxygen atoms in total. The van der Waals surface area contributed by atoms with Crippen LogP contribution in [-0.2, 0) is 9.54 Å². The molecule has 1 unspecified atom stereocenters. The molecule has 168 valence electrons. The second-order valence-corrected chi connectivity index (χ2v) is 10.1. The van der Waals surface area contributed by atoms with E-state index in [4.69, 9.17) is 23.2 Å². The smallest absolute Gasteiger partial charge is 0.349 e. The van der Waals surface area contributed by atoms with Crippen LogP contribution in [0.15, 0.2) is 42.5 Å². The number of amides is 1. The first-order valence-electron chi connectivity index (χ1n) is 9.91. The van der Waals surface area contributed by atoms with E-state index < -0.39 is 16.0 Å². The number of carbonyl (C=O) groups is 2. The normalized spacial score (nSPS) is 21.3. The van der Waals surface area contributed by atoms with Crippen LogP contribution in [0.3, 0.4) is 0 Å². The molecule has 2 aromatic rings. The van der Waals surface area contributed by atoms with Crippen molar-refractivity contribution >= 4 is 51.6 Å². The molecule has 9 heteroatoms. The van der Waals surface area contributed by atoms with E-state index in [0.717, 1.165) is 25.3 Å². The summed E-state index contributed by atoms with van der Waals surface area (Å²) in [4.78, 5) is 25.2. The SMILES string of the molecule is Cc1cc(C2=CC(c3cc(Cl)cc(Cl)c3)(C(F)(F)F)SC2=O)ccc1C(=O)NC1CCC1. The first kappa shape index (κ1) is 23.2. The molecule has 1 amide bonds. The number of halogens is 5. The van der Waals surface area contributed by atoms with Gasteiger partial charge in [0.15, 0.2) is 4.75 Å². The summed E-state index contributed by atoms with van der Waals surface area (Å²) in [6.07, 6.45) is -0.899. The van der Waals surface area contributed by atoms with Crippen LogP contribution in [0, 0.1) is 6.92 Å². The molecule has 32 heavy (non-hydrogen) atoms. The van der Waals surface area contributed by atoms with Gasteiger partial charge in [0.2, 0.25) is 5.12 Å². The predicted molar refractivity (Wildman–Crippen MR) is 121 cm³/mol. The van der Waals surface area contributed by atoms with Gasteiger partial charge in [0.05, 0.1) is 0 Å². The lowest BCUT2D eigenvalue weighted by Gasteiger charge is -2.29. The Labute approximate surface area is 197 Å². The number of hydrogen-bond donors (Lipinski definition) is 1. The number of aryl methyl sites for hydroxylation is 1. The highest BCUT2D eigenvalue weighted by Crippen LogP contribution is 2.57. The Hall–Kier alpha value is -1.96. The van der Waals surface area contributed by atoms with Gasteiger partial charge >= 0.3 is 6.18 Å². The second-order valence-electron chi connectivity index (χ2n) is 7.97. The lowest BCUT2D eigenvalue weighted by Crippen LogP contribution is -2.39. The van der Waals surface area contributed by atoms with E-state index in [2.05, 4.69) is 5.32 Å². The van der Waals surface area contributed by atoms with E-state index in [1.54, 1.807) is 19.1 Å². The molecule has 1 fully saturated rings. The van der Waals surface area contributed by atoms with Crippen LogP contribution in [-0.4, -0.2) is 23.2 Å². The number of alkyl halides is 3.